The summed E-state index contributed by atoms with van der Waals surface area (Å²) in [4.78, 5) is 14.9. The molecule has 0 fully saturated rings. The van der Waals surface area contributed by atoms with Crippen LogP contribution in [0.4, 0.5) is 0 Å². The monoisotopic (exact) mass is 237 g/mol. The molecule has 2 rings (SSSR count). The van der Waals surface area contributed by atoms with Crippen LogP contribution >= 0.6 is 11.8 Å². The number of H-pyrrole nitrogens is 1. The van der Waals surface area contributed by atoms with Gasteiger partial charge in [-0.25, -0.2) is 9.78 Å². The average Bonchev–Trinajstić information content (AvgIpc) is 2.64. The first-order chi connectivity index (χ1) is 7.66. The van der Waals surface area contributed by atoms with Crippen molar-refractivity contribution in [3.63, 3.8) is 0 Å². The molecule has 0 saturated carbocycles. The van der Waals surface area contributed by atoms with Crippen molar-refractivity contribution in [3.8, 4) is 0 Å². The number of rotatable bonds is 3. The third-order valence-corrected chi connectivity index (χ3v) is 2.54. The van der Waals surface area contributed by atoms with E-state index in [0.717, 1.165) is 11.8 Å². The number of carboxylic acids is 1. The fourth-order valence-electron chi connectivity index (χ4n) is 1.01. The van der Waals surface area contributed by atoms with E-state index in [1.807, 2.05) is 0 Å². The molecule has 0 unspecified atom stereocenters. The van der Waals surface area contributed by atoms with E-state index in [0.29, 0.717) is 11.0 Å². The second kappa shape index (κ2) is 4.27. The summed E-state index contributed by atoms with van der Waals surface area (Å²) in [5, 5.41) is 23.5. The maximum Gasteiger partial charge on any atom is 0.338 e. The molecule has 0 aliphatic carbocycles. The fourth-order valence-corrected chi connectivity index (χ4v) is 1.81. The highest BCUT2D eigenvalue weighted by Crippen LogP contribution is 2.24. The summed E-state index contributed by atoms with van der Waals surface area (Å²) in [6.07, 6.45) is 1.33. The Bertz CT molecular complexity index is 527. The topological polar surface area (TPSA) is 105 Å². The van der Waals surface area contributed by atoms with Crippen LogP contribution in [0.3, 0.4) is 0 Å². The van der Waals surface area contributed by atoms with Gasteiger partial charge in [-0.2, -0.15) is 5.10 Å². The molecule has 7 nitrogen and oxygen atoms in total. The molecule has 0 aliphatic heterocycles. The van der Waals surface area contributed by atoms with Gasteiger partial charge in [0, 0.05) is 0 Å². The zero-order chi connectivity index (χ0) is 11.5. The lowest BCUT2D eigenvalue weighted by atomic mass is 10.3. The highest BCUT2D eigenvalue weighted by molar-refractivity contribution is 7.99. The normalized spacial score (nSPS) is 10.3. The fraction of sp³-hybridized carbons (Fsp3) is 0.125. The van der Waals surface area contributed by atoms with E-state index in [4.69, 9.17) is 5.11 Å². The first-order valence-corrected chi connectivity index (χ1v) is 5.10. The number of hydrogen-bond acceptors (Lipinski definition) is 6. The third-order valence-electron chi connectivity index (χ3n) is 1.68. The van der Waals surface area contributed by atoms with Gasteiger partial charge in [0.1, 0.15) is 10.9 Å². The molecular weight excluding hydrogens is 230 g/mol. The maximum absolute atomic E-state index is 10.9. The van der Waals surface area contributed by atoms with E-state index in [2.05, 4.69) is 25.4 Å². The third kappa shape index (κ3) is 2.16. The largest absolute Gasteiger partial charge is 0.478 e. The highest BCUT2D eigenvalue weighted by Gasteiger charge is 2.14. The lowest BCUT2D eigenvalue weighted by Gasteiger charge is -1.99. The number of carbonyl (C=O) groups is 1. The number of aryl methyl sites for hydroxylation is 1. The van der Waals surface area contributed by atoms with Gasteiger partial charge in [-0.15, -0.1) is 10.2 Å². The zero-order valence-electron chi connectivity index (χ0n) is 8.21. The van der Waals surface area contributed by atoms with Gasteiger partial charge >= 0.3 is 5.97 Å². The molecule has 2 heterocycles. The molecule has 2 N–H and O–H groups in total. The van der Waals surface area contributed by atoms with Crippen molar-refractivity contribution >= 4 is 17.7 Å². The van der Waals surface area contributed by atoms with E-state index >= 15 is 0 Å². The molecule has 0 aliphatic rings. The van der Waals surface area contributed by atoms with Crippen molar-refractivity contribution in [1.82, 2.24) is 25.4 Å². The Kier molecular flexibility index (Phi) is 2.82. The van der Waals surface area contributed by atoms with Gasteiger partial charge in [-0.1, -0.05) is 0 Å². The minimum absolute atomic E-state index is 0.0856. The number of carboxylic acid groups (broad SMARTS) is 1. The van der Waals surface area contributed by atoms with Crippen molar-refractivity contribution in [3.05, 3.63) is 23.7 Å². The SMILES string of the molecule is Cc1nc(Sc2nnccc2C(=O)O)n[nH]1. The lowest BCUT2D eigenvalue weighted by Crippen LogP contribution is -2.01. The van der Waals surface area contributed by atoms with Gasteiger partial charge in [0.2, 0.25) is 5.16 Å². The molecule has 2 aromatic heterocycles. The highest BCUT2D eigenvalue weighted by atomic mass is 32.2. The molecule has 0 amide bonds. The average molecular weight is 237 g/mol. The summed E-state index contributed by atoms with van der Waals surface area (Å²) in [5.41, 5.74) is 0.0856. The van der Waals surface area contributed by atoms with E-state index in [1.54, 1.807) is 6.92 Å². The quantitative estimate of drug-likeness (QED) is 0.811. The Morgan fingerprint density at radius 1 is 1.56 bits per heavy atom. The van der Waals surface area contributed by atoms with Crippen LogP contribution in [-0.4, -0.2) is 36.5 Å². The molecule has 0 spiro atoms. The van der Waals surface area contributed by atoms with Crippen LogP contribution in [0.5, 0.6) is 0 Å². The number of nitrogens with one attached hydrogen (secondary N) is 1. The number of nitrogens with zero attached hydrogens (tertiary/aromatic N) is 4. The van der Waals surface area contributed by atoms with Crippen LogP contribution in [0.1, 0.15) is 16.2 Å². The van der Waals surface area contributed by atoms with Gasteiger partial charge in [0.15, 0.2) is 0 Å². The molecule has 2 aromatic rings. The molecule has 82 valence electrons. The van der Waals surface area contributed by atoms with Crippen LogP contribution in [-0.2, 0) is 0 Å². The minimum Gasteiger partial charge on any atom is -0.478 e. The van der Waals surface area contributed by atoms with Crippen molar-refractivity contribution in [2.45, 2.75) is 17.1 Å². The van der Waals surface area contributed by atoms with Gasteiger partial charge in [-0.05, 0) is 24.8 Å². The van der Waals surface area contributed by atoms with Crippen molar-refractivity contribution in [2.24, 2.45) is 0 Å². The number of hydrogen-bond donors (Lipinski definition) is 2. The van der Waals surface area contributed by atoms with Gasteiger partial charge in [-0.3, -0.25) is 5.10 Å². The lowest BCUT2D eigenvalue weighted by molar-refractivity contribution is 0.0692. The molecule has 0 bridgehead atoms. The Balaban J connectivity index is 2.31. The van der Waals surface area contributed by atoms with E-state index in [1.165, 1.54) is 12.3 Å². The Labute approximate surface area is 94.3 Å². The first-order valence-electron chi connectivity index (χ1n) is 4.28. The van der Waals surface area contributed by atoms with Crippen LogP contribution in [0, 0.1) is 6.92 Å². The standard InChI is InChI=1S/C8H7N5O2S/c1-4-10-8(13-11-4)16-6-5(7(14)15)2-3-9-12-6/h2-3H,1H3,(H,14,15)(H,10,11,13). The summed E-state index contributed by atoms with van der Waals surface area (Å²) >= 11 is 1.06. The minimum atomic E-state index is -1.05. The smallest absolute Gasteiger partial charge is 0.338 e. The molecule has 0 atom stereocenters. The molecular formula is C8H7N5O2S. The summed E-state index contributed by atoms with van der Waals surface area (Å²) in [6.45, 7) is 1.76. The van der Waals surface area contributed by atoms with Crippen molar-refractivity contribution < 1.29 is 9.90 Å². The summed E-state index contributed by atoms with van der Waals surface area (Å²) < 4.78 is 0. The first kappa shape index (κ1) is 10.6. The summed E-state index contributed by atoms with van der Waals surface area (Å²) in [6, 6.07) is 1.39. The van der Waals surface area contributed by atoms with Gasteiger partial charge < -0.3 is 5.11 Å². The number of aromatic carboxylic acids is 1. The van der Waals surface area contributed by atoms with Crippen LogP contribution in [0.2, 0.25) is 0 Å². The molecule has 0 saturated heterocycles. The predicted molar refractivity (Wildman–Crippen MR) is 54.2 cm³/mol. The van der Waals surface area contributed by atoms with Crippen LogP contribution < -0.4 is 0 Å². The van der Waals surface area contributed by atoms with E-state index in [-0.39, 0.29) is 10.6 Å². The molecule has 16 heavy (non-hydrogen) atoms. The van der Waals surface area contributed by atoms with Gasteiger partial charge in [0.05, 0.1) is 11.8 Å². The van der Waals surface area contributed by atoms with E-state index < -0.39 is 5.97 Å². The van der Waals surface area contributed by atoms with Gasteiger partial charge in [0.25, 0.3) is 0 Å². The second-order valence-electron chi connectivity index (χ2n) is 2.86. The van der Waals surface area contributed by atoms with E-state index in [9.17, 15) is 4.79 Å². The Morgan fingerprint density at radius 3 is 3.00 bits per heavy atom. The molecule has 8 heteroatoms. The maximum atomic E-state index is 10.9. The number of aromatic amines is 1. The van der Waals surface area contributed by atoms with Crippen LogP contribution in [0.25, 0.3) is 0 Å². The zero-order valence-corrected chi connectivity index (χ0v) is 9.02. The number of aromatic nitrogens is 5. The van der Waals surface area contributed by atoms with Crippen molar-refractivity contribution in [1.29, 1.82) is 0 Å². The second-order valence-corrected chi connectivity index (χ2v) is 3.82. The Hall–Kier alpha value is -1.96. The molecule has 0 radical (unpaired) electrons. The predicted octanol–water partition coefficient (Wildman–Crippen LogP) is 0.753. The summed E-state index contributed by atoms with van der Waals surface area (Å²) in [7, 11) is 0. The van der Waals surface area contributed by atoms with Crippen LogP contribution in [0.15, 0.2) is 22.4 Å². The Morgan fingerprint density at radius 2 is 2.38 bits per heavy atom. The molecule has 0 aromatic carbocycles. The summed E-state index contributed by atoms with van der Waals surface area (Å²) in [5.74, 6) is -0.395. The van der Waals surface area contributed by atoms with Crippen molar-refractivity contribution in [2.75, 3.05) is 0 Å².